The van der Waals surface area contributed by atoms with Gasteiger partial charge in [0.05, 0.1) is 0 Å². The second-order valence-corrected chi connectivity index (χ2v) is 6.03. The third-order valence-electron chi connectivity index (χ3n) is 2.77. The highest BCUT2D eigenvalue weighted by molar-refractivity contribution is 5.84. The first-order valence-corrected chi connectivity index (χ1v) is 7.09. The molecule has 1 aromatic rings. The highest BCUT2D eigenvalue weighted by Crippen LogP contribution is 2.09. The molecule has 0 radical (unpaired) electrons. The van der Waals surface area contributed by atoms with E-state index in [1.165, 1.54) is 6.92 Å². The summed E-state index contributed by atoms with van der Waals surface area (Å²) >= 11 is 0. The van der Waals surface area contributed by atoms with E-state index in [0.29, 0.717) is 0 Å². The number of hydrogen-bond donors (Lipinski definition) is 2. The van der Waals surface area contributed by atoms with Gasteiger partial charge in [-0.05, 0) is 27.7 Å². The summed E-state index contributed by atoms with van der Waals surface area (Å²) in [5, 5.41) is 0. The van der Waals surface area contributed by atoms with E-state index in [9.17, 15) is 19.2 Å². The van der Waals surface area contributed by atoms with Crippen molar-refractivity contribution in [3.05, 3.63) is 32.6 Å². The summed E-state index contributed by atoms with van der Waals surface area (Å²) in [4.78, 5) is 50.5. The monoisotopic (exact) mass is 326 g/mol. The Kier molecular flexibility index (Phi) is 5.85. The molecule has 23 heavy (non-hydrogen) atoms. The predicted octanol–water partition coefficient (Wildman–Crippen LogP) is -0.319. The summed E-state index contributed by atoms with van der Waals surface area (Å²) in [6, 6.07) is 0. The molecule has 0 fully saturated rings. The van der Waals surface area contributed by atoms with Crippen molar-refractivity contribution in [3.63, 3.8) is 0 Å². The van der Waals surface area contributed by atoms with Crippen molar-refractivity contribution in [2.45, 2.75) is 33.3 Å². The molecular weight excluding hydrogens is 304 g/mol. The number of aryl methyl sites for hydroxylation is 1. The largest absolute Gasteiger partial charge is 0.444 e. The normalized spacial score (nSPS) is 11.2. The molecule has 0 aromatic carbocycles. The molecule has 0 aliphatic carbocycles. The van der Waals surface area contributed by atoms with E-state index in [1.807, 2.05) is 4.98 Å². The Labute approximate surface area is 133 Å². The van der Waals surface area contributed by atoms with Gasteiger partial charge in [0.1, 0.15) is 12.1 Å². The van der Waals surface area contributed by atoms with Crippen LogP contribution in [0.3, 0.4) is 0 Å². The number of aromatic nitrogens is 2. The average Bonchev–Trinajstić information content (AvgIpc) is 2.40. The summed E-state index contributed by atoms with van der Waals surface area (Å²) in [5.74, 6) is -0.673. The Morgan fingerprint density at radius 1 is 1.35 bits per heavy atom. The van der Waals surface area contributed by atoms with Gasteiger partial charge in [0, 0.05) is 24.8 Å². The van der Waals surface area contributed by atoms with Crippen LogP contribution in [0.15, 0.2) is 15.8 Å². The zero-order valence-electron chi connectivity index (χ0n) is 13.7. The molecule has 0 saturated heterocycles. The topological polar surface area (TPSA) is 127 Å². The standard InChI is InChI=1S/C14H22N4O5/c1-9-7-18(12(21)16-11(9)20)10(19)8-17(6-5-15)13(22)23-14(2,3)4/h7H,5-6,8,15H2,1-4H3,(H,16,20,21). The molecular formula is C14H22N4O5. The molecule has 0 aliphatic rings. The quantitative estimate of drug-likeness (QED) is 0.780. The first-order valence-electron chi connectivity index (χ1n) is 7.09. The molecule has 0 unspecified atom stereocenters. The van der Waals surface area contributed by atoms with Crippen LogP contribution in [-0.2, 0) is 4.74 Å². The summed E-state index contributed by atoms with van der Waals surface area (Å²) in [5.41, 5.74) is 3.50. The zero-order valence-corrected chi connectivity index (χ0v) is 13.7. The fourth-order valence-corrected chi connectivity index (χ4v) is 1.71. The zero-order chi connectivity index (χ0) is 17.8. The van der Waals surface area contributed by atoms with Gasteiger partial charge in [-0.3, -0.25) is 19.5 Å². The lowest BCUT2D eigenvalue weighted by molar-refractivity contribution is 0.0243. The summed E-state index contributed by atoms with van der Waals surface area (Å²) in [6.45, 7) is 6.39. The smallest absolute Gasteiger partial charge is 0.410 e. The van der Waals surface area contributed by atoms with Gasteiger partial charge < -0.3 is 10.5 Å². The molecule has 9 heteroatoms. The Balaban J connectivity index is 2.99. The van der Waals surface area contributed by atoms with E-state index in [0.717, 1.165) is 15.7 Å². The van der Waals surface area contributed by atoms with E-state index in [2.05, 4.69) is 0 Å². The second kappa shape index (κ2) is 7.23. The Morgan fingerprint density at radius 3 is 2.48 bits per heavy atom. The van der Waals surface area contributed by atoms with Crippen LogP contribution in [-0.4, -0.2) is 51.7 Å². The van der Waals surface area contributed by atoms with Crippen LogP contribution >= 0.6 is 0 Å². The second-order valence-electron chi connectivity index (χ2n) is 6.03. The van der Waals surface area contributed by atoms with Gasteiger partial charge in [-0.25, -0.2) is 14.2 Å². The molecule has 0 aliphatic heterocycles. The number of rotatable bonds is 4. The molecule has 128 valence electrons. The van der Waals surface area contributed by atoms with Crippen molar-refractivity contribution in [3.8, 4) is 0 Å². The van der Waals surface area contributed by atoms with Crippen molar-refractivity contribution >= 4 is 12.0 Å². The molecule has 0 bridgehead atoms. The lowest BCUT2D eigenvalue weighted by atomic mass is 10.2. The van der Waals surface area contributed by atoms with Crippen LogP contribution in [0, 0.1) is 6.92 Å². The molecule has 1 heterocycles. The van der Waals surface area contributed by atoms with E-state index in [-0.39, 0.29) is 18.7 Å². The minimum atomic E-state index is -0.859. The Bertz CT molecular complexity index is 698. The number of carbonyl (C=O) groups is 2. The van der Waals surface area contributed by atoms with Gasteiger partial charge in [0.25, 0.3) is 11.5 Å². The maximum Gasteiger partial charge on any atom is 0.410 e. The first kappa shape index (κ1) is 18.6. The minimum absolute atomic E-state index is 0.0950. The number of nitrogens with two attached hydrogens (primary N) is 1. The molecule has 1 amide bonds. The maximum atomic E-state index is 12.2. The molecule has 1 aromatic heterocycles. The SMILES string of the molecule is Cc1cn(C(=O)CN(CCN)C(=O)OC(C)(C)C)c(=O)[nH]c1=O. The Morgan fingerprint density at radius 2 is 1.96 bits per heavy atom. The van der Waals surface area contributed by atoms with E-state index in [1.54, 1.807) is 20.8 Å². The number of carbonyl (C=O) groups excluding carboxylic acids is 2. The van der Waals surface area contributed by atoms with Crippen LogP contribution in [0.4, 0.5) is 4.79 Å². The maximum absolute atomic E-state index is 12.2. The highest BCUT2D eigenvalue weighted by atomic mass is 16.6. The number of nitrogens with one attached hydrogen (secondary N) is 1. The number of nitrogens with zero attached hydrogens (tertiary/aromatic N) is 2. The van der Waals surface area contributed by atoms with Gasteiger partial charge in [-0.15, -0.1) is 0 Å². The molecule has 9 nitrogen and oxygen atoms in total. The van der Waals surface area contributed by atoms with Gasteiger partial charge in [0.15, 0.2) is 0 Å². The van der Waals surface area contributed by atoms with E-state index < -0.39 is 35.4 Å². The average molecular weight is 326 g/mol. The third kappa shape index (κ3) is 5.37. The Hall–Kier alpha value is -2.42. The molecule has 0 atom stereocenters. The number of aromatic amines is 1. The summed E-state index contributed by atoms with van der Waals surface area (Å²) in [6.07, 6.45) is 0.435. The van der Waals surface area contributed by atoms with Gasteiger partial charge in [0.2, 0.25) is 0 Å². The minimum Gasteiger partial charge on any atom is -0.444 e. The van der Waals surface area contributed by atoms with E-state index >= 15 is 0 Å². The lowest BCUT2D eigenvalue weighted by Gasteiger charge is -2.26. The van der Waals surface area contributed by atoms with Crippen LogP contribution in [0.2, 0.25) is 0 Å². The van der Waals surface area contributed by atoms with Crippen LogP contribution in [0.5, 0.6) is 0 Å². The fraction of sp³-hybridized carbons (Fsp3) is 0.571. The molecule has 0 spiro atoms. The van der Waals surface area contributed by atoms with Gasteiger partial charge >= 0.3 is 11.8 Å². The highest BCUT2D eigenvalue weighted by Gasteiger charge is 2.24. The van der Waals surface area contributed by atoms with Crippen molar-refractivity contribution in [1.82, 2.24) is 14.5 Å². The molecule has 3 N–H and O–H groups in total. The molecule has 0 saturated carbocycles. The molecule has 1 rings (SSSR count). The lowest BCUT2D eigenvalue weighted by Crippen LogP contribution is -2.45. The van der Waals surface area contributed by atoms with Crippen molar-refractivity contribution in [2.24, 2.45) is 5.73 Å². The number of H-pyrrole nitrogens is 1. The third-order valence-corrected chi connectivity index (χ3v) is 2.77. The van der Waals surface area contributed by atoms with Crippen LogP contribution in [0.1, 0.15) is 31.1 Å². The van der Waals surface area contributed by atoms with E-state index in [4.69, 9.17) is 10.5 Å². The van der Waals surface area contributed by atoms with Crippen molar-refractivity contribution in [2.75, 3.05) is 19.6 Å². The summed E-state index contributed by atoms with van der Waals surface area (Å²) in [7, 11) is 0. The van der Waals surface area contributed by atoms with Gasteiger partial charge in [-0.2, -0.15) is 0 Å². The fourth-order valence-electron chi connectivity index (χ4n) is 1.71. The number of hydrogen-bond acceptors (Lipinski definition) is 6. The van der Waals surface area contributed by atoms with Crippen molar-refractivity contribution in [1.29, 1.82) is 0 Å². The number of amides is 1. The van der Waals surface area contributed by atoms with Crippen LogP contribution in [0.25, 0.3) is 0 Å². The van der Waals surface area contributed by atoms with Crippen molar-refractivity contribution < 1.29 is 14.3 Å². The summed E-state index contributed by atoms with van der Waals surface area (Å²) < 4.78 is 5.95. The first-order chi connectivity index (χ1) is 10.5. The number of ether oxygens (including phenoxy) is 1. The predicted molar refractivity (Wildman–Crippen MR) is 83.5 cm³/mol. The van der Waals surface area contributed by atoms with Crippen LogP contribution < -0.4 is 17.0 Å². The van der Waals surface area contributed by atoms with Gasteiger partial charge in [-0.1, -0.05) is 0 Å².